The second-order valence-electron chi connectivity index (χ2n) is 8.22. The third kappa shape index (κ3) is 6.50. The maximum Gasteiger partial charge on any atom is 0.395 e. The normalized spacial score (nSPS) is 11.0. The number of hydrogen-bond acceptors (Lipinski definition) is 4. The number of hydrogen-bond donors (Lipinski definition) is 4. The van der Waals surface area contributed by atoms with Gasteiger partial charge in [0, 0.05) is 4.47 Å². The lowest BCUT2D eigenvalue weighted by molar-refractivity contribution is 1.45. The van der Waals surface area contributed by atoms with E-state index in [1.807, 2.05) is 12.1 Å². The molecule has 0 saturated carbocycles. The van der Waals surface area contributed by atoms with E-state index in [4.69, 9.17) is 0 Å². The number of aryl methyl sites for hydroxylation is 3. The van der Waals surface area contributed by atoms with Gasteiger partial charge in [0.15, 0.2) is 0 Å². The molecule has 168 valence electrons. The van der Waals surface area contributed by atoms with E-state index in [2.05, 4.69) is 142 Å². The van der Waals surface area contributed by atoms with Gasteiger partial charge < -0.3 is 0 Å². The van der Waals surface area contributed by atoms with Crippen LogP contribution in [0.1, 0.15) is 16.7 Å². The van der Waals surface area contributed by atoms with Crippen LogP contribution in [0.2, 0.25) is 0 Å². The number of nitrogens with one attached hydrogen (secondary N) is 4. The lowest BCUT2D eigenvalue weighted by Gasteiger charge is -2.30. The van der Waals surface area contributed by atoms with E-state index in [1.54, 1.807) is 0 Å². The second kappa shape index (κ2) is 10.3. The highest BCUT2D eigenvalue weighted by molar-refractivity contribution is 9.10. The van der Waals surface area contributed by atoms with Crippen molar-refractivity contribution in [2.24, 2.45) is 0 Å². The van der Waals surface area contributed by atoms with Crippen LogP contribution in [-0.2, 0) is 0 Å². The van der Waals surface area contributed by atoms with Gasteiger partial charge in [-0.05, 0) is 81.4 Å². The summed E-state index contributed by atoms with van der Waals surface area (Å²) in [5.41, 5.74) is 7.76. The monoisotopic (exact) mass is 519 g/mol. The minimum absolute atomic E-state index is 1.00. The van der Waals surface area contributed by atoms with E-state index >= 15 is 0 Å². The van der Waals surface area contributed by atoms with Crippen LogP contribution in [0.25, 0.3) is 0 Å². The highest BCUT2D eigenvalue weighted by Crippen LogP contribution is 2.56. The van der Waals surface area contributed by atoms with Gasteiger partial charge in [0.05, 0.1) is 22.7 Å². The summed E-state index contributed by atoms with van der Waals surface area (Å²) in [6, 6.07) is 33.6. The molecule has 0 saturated heterocycles. The first-order valence-electron chi connectivity index (χ1n) is 10.9. The van der Waals surface area contributed by atoms with E-state index < -0.39 is 7.87 Å². The molecule has 0 unspecified atom stereocenters. The van der Waals surface area contributed by atoms with Crippen LogP contribution in [0.3, 0.4) is 0 Å². The first-order valence-corrected chi connectivity index (χ1v) is 13.5. The van der Waals surface area contributed by atoms with Crippen molar-refractivity contribution in [1.29, 1.82) is 0 Å². The van der Waals surface area contributed by atoms with Crippen LogP contribution in [0.15, 0.2) is 102 Å². The number of benzene rings is 4. The molecule has 0 heterocycles. The number of halogens is 1. The summed E-state index contributed by atoms with van der Waals surface area (Å²) in [5.74, 6) is 0. The van der Waals surface area contributed by atoms with Crippen molar-refractivity contribution in [3.8, 4) is 0 Å². The zero-order valence-electron chi connectivity index (χ0n) is 19.1. The fourth-order valence-electron chi connectivity index (χ4n) is 3.35. The fraction of sp³-hybridized carbons (Fsp3) is 0.111. The third-order valence-corrected chi connectivity index (χ3v) is 8.09. The number of rotatable bonds is 8. The predicted molar refractivity (Wildman–Crippen MR) is 149 cm³/mol. The zero-order chi connectivity index (χ0) is 23.3. The fourth-order valence-corrected chi connectivity index (χ4v) is 6.10. The average Bonchev–Trinajstić information content (AvgIpc) is 2.80. The smallest absolute Gasteiger partial charge is 0.202 e. The summed E-state index contributed by atoms with van der Waals surface area (Å²) in [4.78, 5) is 0. The Morgan fingerprint density at radius 3 is 0.939 bits per heavy atom. The standard InChI is InChI=1S/C27H29BrN4P/c1-20-4-12-24(13-5-20)29-33(30-25-14-6-21(2)7-15-25,31-26-16-8-22(3)9-17-26)32-27-18-10-23(28)11-19-27/h4-19,29-32H,1-3H3/q+1. The van der Waals surface area contributed by atoms with Gasteiger partial charge in [-0.3, -0.25) is 0 Å². The highest BCUT2D eigenvalue weighted by Gasteiger charge is 2.41. The average molecular weight is 520 g/mol. The van der Waals surface area contributed by atoms with Gasteiger partial charge in [0.1, 0.15) is 0 Å². The summed E-state index contributed by atoms with van der Waals surface area (Å²) in [6.07, 6.45) is 0. The summed E-state index contributed by atoms with van der Waals surface area (Å²) in [5, 5.41) is 15.1. The van der Waals surface area contributed by atoms with Crippen LogP contribution >= 0.6 is 23.8 Å². The predicted octanol–water partition coefficient (Wildman–Crippen LogP) is 8.80. The van der Waals surface area contributed by atoms with E-state index in [-0.39, 0.29) is 0 Å². The molecule has 33 heavy (non-hydrogen) atoms. The van der Waals surface area contributed by atoms with Gasteiger partial charge in [-0.1, -0.05) is 69.0 Å². The van der Waals surface area contributed by atoms with E-state index in [0.717, 1.165) is 27.2 Å². The Morgan fingerprint density at radius 1 is 0.424 bits per heavy atom. The van der Waals surface area contributed by atoms with Crippen LogP contribution in [0.4, 0.5) is 22.7 Å². The molecule has 0 aromatic heterocycles. The second-order valence-corrected chi connectivity index (χ2v) is 11.4. The van der Waals surface area contributed by atoms with E-state index in [1.165, 1.54) is 16.7 Å². The van der Waals surface area contributed by atoms with Crippen molar-refractivity contribution in [1.82, 2.24) is 0 Å². The Kier molecular flexibility index (Phi) is 7.22. The molecule has 0 fully saturated rings. The molecule has 0 radical (unpaired) electrons. The summed E-state index contributed by atoms with van der Waals surface area (Å²) >= 11 is 3.54. The van der Waals surface area contributed by atoms with Crippen molar-refractivity contribution in [3.63, 3.8) is 0 Å². The third-order valence-electron chi connectivity index (χ3n) is 5.19. The van der Waals surface area contributed by atoms with Crippen molar-refractivity contribution in [3.05, 3.63) is 118 Å². The Morgan fingerprint density at radius 2 is 0.667 bits per heavy atom. The molecule has 6 heteroatoms. The zero-order valence-corrected chi connectivity index (χ0v) is 21.5. The SMILES string of the molecule is Cc1ccc(N[P+](Nc2ccc(C)cc2)(Nc2ccc(C)cc2)Nc2ccc(Br)cc2)cc1. The molecular formula is C27H29BrN4P+. The lowest BCUT2D eigenvalue weighted by atomic mass is 10.2. The molecular weight excluding hydrogens is 491 g/mol. The maximum absolute atomic E-state index is 3.78. The van der Waals surface area contributed by atoms with Crippen LogP contribution in [0, 0.1) is 20.8 Å². The molecule has 4 rings (SSSR count). The molecule has 0 aliphatic carbocycles. The minimum atomic E-state index is -2.46. The highest BCUT2D eigenvalue weighted by atomic mass is 79.9. The largest absolute Gasteiger partial charge is 0.395 e. The lowest BCUT2D eigenvalue weighted by Crippen LogP contribution is -2.27. The van der Waals surface area contributed by atoms with Gasteiger partial charge >= 0.3 is 7.87 Å². The molecule has 4 N–H and O–H groups in total. The van der Waals surface area contributed by atoms with Gasteiger partial charge in [-0.2, -0.15) is 0 Å². The van der Waals surface area contributed by atoms with E-state index in [0.29, 0.717) is 0 Å². The number of anilines is 4. The van der Waals surface area contributed by atoms with Crippen molar-refractivity contribution >= 4 is 46.5 Å². The molecule has 0 aliphatic heterocycles. The molecule has 0 atom stereocenters. The Balaban J connectivity index is 1.77. The molecule has 4 aromatic carbocycles. The maximum atomic E-state index is 3.78. The molecule has 0 aliphatic rings. The van der Waals surface area contributed by atoms with E-state index in [9.17, 15) is 0 Å². The topological polar surface area (TPSA) is 48.1 Å². The van der Waals surface area contributed by atoms with Crippen molar-refractivity contribution < 1.29 is 0 Å². The van der Waals surface area contributed by atoms with Gasteiger partial charge in [-0.25, -0.2) is 20.3 Å². The van der Waals surface area contributed by atoms with Crippen LogP contribution in [0.5, 0.6) is 0 Å². The van der Waals surface area contributed by atoms with Gasteiger partial charge in [-0.15, -0.1) is 0 Å². The molecule has 4 nitrogen and oxygen atoms in total. The first-order chi connectivity index (χ1) is 15.9. The molecule has 0 amide bonds. The minimum Gasteiger partial charge on any atom is -0.202 e. The molecule has 0 spiro atoms. The van der Waals surface area contributed by atoms with Gasteiger partial charge in [0.2, 0.25) is 0 Å². The molecule has 0 bridgehead atoms. The summed E-state index contributed by atoms with van der Waals surface area (Å²) in [6.45, 7) is 6.30. The first kappa shape index (κ1) is 23.2. The summed E-state index contributed by atoms with van der Waals surface area (Å²) < 4.78 is 1.04. The van der Waals surface area contributed by atoms with Crippen molar-refractivity contribution in [2.45, 2.75) is 20.8 Å². The quantitative estimate of drug-likeness (QED) is 0.175. The van der Waals surface area contributed by atoms with Crippen LogP contribution < -0.4 is 20.3 Å². The van der Waals surface area contributed by atoms with Gasteiger partial charge in [0.25, 0.3) is 0 Å². The Bertz CT molecular complexity index is 979. The molecule has 4 aromatic rings. The Hall–Kier alpha value is -3.01. The summed E-state index contributed by atoms with van der Waals surface area (Å²) in [7, 11) is -2.46. The van der Waals surface area contributed by atoms with Crippen LogP contribution in [-0.4, -0.2) is 0 Å². The Labute approximate surface area is 205 Å². The van der Waals surface area contributed by atoms with Crippen molar-refractivity contribution in [2.75, 3.05) is 20.3 Å².